The average Bonchev–Trinajstić information content (AvgIpc) is 2.79. The second-order valence-electron chi connectivity index (χ2n) is 6.70. The smallest absolute Gasteiger partial charge is 0.271 e. The molecule has 3 rings (SSSR count). The Morgan fingerprint density at radius 2 is 1.68 bits per heavy atom. The molecule has 0 aliphatic heterocycles. The number of benzene rings is 3. The summed E-state index contributed by atoms with van der Waals surface area (Å²) in [6.45, 7) is 1.95. The van der Waals surface area contributed by atoms with Crippen molar-refractivity contribution in [1.82, 2.24) is 0 Å². The van der Waals surface area contributed by atoms with Gasteiger partial charge in [-0.2, -0.15) is 0 Å². The molecule has 0 bridgehead atoms. The fourth-order valence-electron chi connectivity index (χ4n) is 2.92. The largest absolute Gasteiger partial charge is 0.497 e. The van der Waals surface area contributed by atoms with Gasteiger partial charge in [-0.05, 0) is 55.0 Å². The summed E-state index contributed by atoms with van der Waals surface area (Å²) >= 11 is 0. The van der Waals surface area contributed by atoms with Crippen molar-refractivity contribution in [3.8, 4) is 17.2 Å². The molecular formula is C23H22N2O6. The molecule has 8 heteroatoms. The van der Waals surface area contributed by atoms with E-state index in [4.69, 9.17) is 14.2 Å². The van der Waals surface area contributed by atoms with Gasteiger partial charge in [0.15, 0.2) is 0 Å². The van der Waals surface area contributed by atoms with Crippen molar-refractivity contribution in [2.75, 3.05) is 19.5 Å². The number of methoxy groups -OCH3 is 2. The van der Waals surface area contributed by atoms with Crippen molar-refractivity contribution in [3.05, 3.63) is 87.5 Å². The predicted octanol–water partition coefficient (Wildman–Crippen LogP) is 4.75. The molecule has 0 unspecified atom stereocenters. The fraction of sp³-hybridized carbons (Fsp3) is 0.174. The molecule has 0 saturated heterocycles. The van der Waals surface area contributed by atoms with Crippen LogP contribution in [0.15, 0.2) is 60.7 Å². The van der Waals surface area contributed by atoms with E-state index in [-0.39, 0.29) is 12.3 Å². The predicted molar refractivity (Wildman–Crippen MR) is 116 cm³/mol. The molecule has 8 nitrogen and oxygen atoms in total. The van der Waals surface area contributed by atoms with Gasteiger partial charge >= 0.3 is 0 Å². The Labute approximate surface area is 179 Å². The van der Waals surface area contributed by atoms with E-state index in [1.165, 1.54) is 12.1 Å². The molecule has 0 aliphatic carbocycles. The summed E-state index contributed by atoms with van der Waals surface area (Å²) < 4.78 is 16.3. The van der Waals surface area contributed by atoms with E-state index >= 15 is 0 Å². The molecule has 31 heavy (non-hydrogen) atoms. The minimum atomic E-state index is -0.503. The Morgan fingerprint density at radius 3 is 2.32 bits per heavy atom. The van der Waals surface area contributed by atoms with Gasteiger partial charge in [0, 0.05) is 23.3 Å². The number of nitrogens with one attached hydrogen (secondary N) is 1. The number of carbonyl (C=O) groups excluding carboxylic acids is 1. The van der Waals surface area contributed by atoms with Crippen LogP contribution in [0.1, 0.15) is 21.5 Å². The Morgan fingerprint density at radius 1 is 0.968 bits per heavy atom. The normalized spacial score (nSPS) is 10.3. The van der Waals surface area contributed by atoms with Crippen LogP contribution in [-0.2, 0) is 6.61 Å². The van der Waals surface area contributed by atoms with Gasteiger partial charge in [0.25, 0.3) is 11.6 Å². The Balaban J connectivity index is 1.78. The lowest BCUT2D eigenvalue weighted by Gasteiger charge is -2.13. The second kappa shape index (κ2) is 9.62. The molecule has 0 radical (unpaired) electrons. The van der Waals surface area contributed by atoms with E-state index in [1.54, 1.807) is 69.7 Å². The highest BCUT2D eigenvalue weighted by Gasteiger charge is 2.14. The maximum absolute atomic E-state index is 12.8. The molecule has 0 aromatic heterocycles. The average molecular weight is 422 g/mol. The maximum Gasteiger partial charge on any atom is 0.271 e. The van der Waals surface area contributed by atoms with Gasteiger partial charge in [-0.25, -0.2) is 0 Å². The Kier molecular flexibility index (Phi) is 6.71. The van der Waals surface area contributed by atoms with Crippen LogP contribution in [0.25, 0.3) is 0 Å². The van der Waals surface area contributed by atoms with Gasteiger partial charge < -0.3 is 19.5 Å². The van der Waals surface area contributed by atoms with Gasteiger partial charge in [0.2, 0.25) is 0 Å². The zero-order valence-electron chi connectivity index (χ0n) is 17.4. The molecule has 160 valence electrons. The summed E-state index contributed by atoms with van der Waals surface area (Å²) in [5, 5.41) is 13.8. The van der Waals surface area contributed by atoms with Crippen LogP contribution in [-0.4, -0.2) is 25.1 Å². The van der Waals surface area contributed by atoms with E-state index in [1.807, 2.05) is 0 Å². The molecule has 3 aromatic rings. The number of hydrogen-bond donors (Lipinski definition) is 1. The first-order chi connectivity index (χ1) is 14.9. The summed E-state index contributed by atoms with van der Waals surface area (Å²) in [5.74, 6) is 1.55. The number of carbonyl (C=O) groups is 1. The summed E-state index contributed by atoms with van der Waals surface area (Å²) in [6.07, 6.45) is 0. The zero-order valence-corrected chi connectivity index (χ0v) is 17.4. The van der Waals surface area contributed by atoms with E-state index in [0.717, 1.165) is 11.3 Å². The Bertz CT molecular complexity index is 1100. The number of hydrogen-bond acceptors (Lipinski definition) is 6. The van der Waals surface area contributed by atoms with Gasteiger partial charge in [0.05, 0.1) is 24.8 Å². The van der Waals surface area contributed by atoms with Crippen molar-refractivity contribution in [2.24, 2.45) is 0 Å². The van der Waals surface area contributed by atoms with E-state index in [2.05, 4.69) is 5.32 Å². The van der Waals surface area contributed by atoms with Crippen molar-refractivity contribution >= 4 is 17.3 Å². The molecule has 0 saturated carbocycles. The number of non-ortho nitro benzene ring substituents is 1. The van der Waals surface area contributed by atoms with Gasteiger partial charge in [0.1, 0.15) is 23.9 Å². The van der Waals surface area contributed by atoms with Crippen LogP contribution in [0.2, 0.25) is 0 Å². The maximum atomic E-state index is 12.8. The fourth-order valence-corrected chi connectivity index (χ4v) is 2.92. The van der Waals surface area contributed by atoms with Crippen molar-refractivity contribution < 1.29 is 23.9 Å². The number of amides is 1. The zero-order chi connectivity index (χ0) is 22.4. The topological polar surface area (TPSA) is 99.9 Å². The highest BCUT2D eigenvalue weighted by molar-refractivity contribution is 6.05. The second-order valence-corrected chi connectivity index (χ2v) is 6.70. The van der Waals surface area contributed by atoms with Gasteiger partial charge in [-0.15, -0.1) is 0 Å². The number of ether oxygens (including phenoxy) is 3. The van der Waals surface area contributed by atoms with Crippen LogP contribution in [0, 0.1) is 17.0 Å². The number of rotatable bonds is 8. The standard InChI is InChI=1S/C23H22N2O6/c1-15-4-6-18(25(27)28)13-21(15)24-23(26)16-5-11-22(30-3)17(12-16)14-31-20-9-7-19(29-2)8-10-20/h4-13H,14H2,1-3H3,(H,24,26). The number of nitro benzene ring substituents is 1. The third-order valence-electron chi connectivity index (χ3n) is 4.68. The monoisotopic (exact) mass is 422 g/mol. The number of anilines is 1. The SMILES string of the molecule is COc1ccc(OCc2cc(C(=O)Nc3cc([N+](=O)[O-])ccc3C)ccc2OC)cc1. The molecule has 0 aliphatic rings. The summed E-state index contributed by atoms with van der Waals surface area (Å²) in [4.78, 5) is 23.3. The highest BCUT2D eigenvalue weighted by Crippen LogP contribution is 2.26. The number of aryl methyl sites for hydroxylation is 1. The third-order valence-corrected chi connectivity index (χ3v) is 4.68. The first-order valence-corrected chi connectivity index (χ1v) is 9.41. The summed E-state index contributed by atoms with van der Waals surface area (Å²) in [6, 6.07) is 16.5. The van der Waals surface area contributed by atoms with Crippen LogP contribution in [0.4, 0.5) is 11.4 Å². The molecule has 0 spiro atoms. The molecule has 1 amide bonds. The van der Waals surface area contributed by atoms with Crippen molar-refractivity contribution in [3.63, 3.8) is 0 Å². The quantitative estimate of drug-likeness (QED) is 0.415. The number of nitro groups is 1. The van der Waals surface area contributed by atoms with Crippen LogP contribution >= 0.6 is 0 Å². The first-order valence-electron chi connectivity index (χ1n) is 9.41. The molecule has 3 aromatic carbocycles. The lowest BCUT2D eigenvalue weighted by atomic mass is 10.1. The summed E-state index contributed by atoms with van der Waals surface area (Å²) in [5.41, 5.74) is 2.06. The van der Waals surface area contributed by atoms with E-state index in [0.29, 0.717) is 28.3 Å². The van der Waals surface area contributed by atoms with E-state index < -0.39 is 10.8 Å². The van der Waals surface area contributed by atoms with Crippen LogP contribution in [0.5, 0.6) is 17.2 Å². The van der Waals surface area contributed by atoms with Gasteiger partial charge in [-0.1, -0.05) is 6.07 Å². The molecule has 0 heterocycles. The first kappa shape index (κ1) is 21.6. The lowest BCUT2D eigenvalue weighted by molar-refractivity contribution is -0.384. The highest BCUT2D eigenvalue weighted by atomic mass is 16.6. The van der Waals surface area contributed by atoms with E-state index in [9.17, 15) is 14.9 Å². The number of nitrogens with zero attached hydrogens (tertiary/aromatic N) is 1. The Hall–Kier alpha value is -4.07. The molecular weight excluding hydrogens is 400 g/mol. The summed E-state index contributed by atoms with van der Waals surface area (Å²) in [7, 11) is 3.13. The minimum absolute atomic E-state index is 0.0933. The lowest BCUT2D eigenvalue weighted by Crippen LogP contribution is -2.14. The third kappa shape index (κ3) is 5.30. The van der Waals surface area contributed by atoms with Crippen LogP contribution < -0.4 is 19.5 Å². The minimum Gasteiger partial charge on any atom is -0.497 e. The van der Waals surface area contributed by atoms with Gasteiger partial charge in [-0.3, -0.25) is 14.9 Å². The van der Waals surface area contributed by atoms with Crippen LogP contribution in [0.3, 0.4) is 0 Å². The van der Waals surface area contributed by atoms with Crippen molar-refractivity contribution in [2.45, 2.75) is 13.5 Å². The molecule has 0 fully saturated rings. The molecule has 1 N–H and O–H groups in total. The molecule has 0 atom stereocenters. The van der Waals surface area contributed by atoms with Crippen molar-refractivity contribution in [1.29, 1.82) is 0 Å².